The van der Waals surface area contributed by atoms with Crippen LogP contribution < -0.4 is 10.6 Å². The van der Waals surface area contributed by atoms with Crippen molar-refractivity contribution in [3.63, 3.8) is 0 Å². The molecule has 1 aliphatic rings. The quantitative estimate of drug-likeness (QED) is 0.839. The zero-order valence-corrected chi connectivity index (χ0v) is 10.2. The largest absolute Gasteiger partial charge is 0.356 e. The molecular weight excluding hydrogens is 224 g/mol. The smallest absolute Gasteiger partial charge is 0.191 e. The second-order valence-electron chi connectivity index (χ2n) is 4.34. The van der Waals surface area contributed by atoms with Crippen LogP contribution in [0.1, 0.15) is 12.1 Å². The van der Waals surface area contributed by atoms with Crippen molar-refractivity contribution in [3.05, 3.63) is 42.2 Å². The lowest BCUT2D eigenvalue weighted by molar-refractivity contribution is 0.699. The molecular formula is C14H16N4. The van der Waals surface area contributed by atoms with Crippen LogP contribution >= 0.6 is 0 Å². The summed E-state index contributed by atoms with van der Waals surface area (Å²) in [5, 5.41) is 8.98. The Morgan fingerprint density at radius 2 is 2.17 bits per heavy atom. The molecule has 18 heavy (non-hydrogen) atoms. The van der Waals surface area contributed by atoms with Crippen LogP contribution in [0.3, 0.4) is 0 Å². The molecule has 0 unspecified atom stereocenters. The number of nitrogens with one attached hydrogen (secondary N) is 2. The van der Waals surface area contributed by atoms with E-state index in [-0.39, 0.29) is 0 Å². The maximum atomic E-state index is 4.45. The molecule has 92 valence electrons. The minimum Gasteiger partial charge on any atom is -0.356 e. The fraction of sp³-hybridized carbons (Fsp3) is 0.286. The molecule has 0 bridgehead atoms. The Labute approximate surface area is 106 Å². The Bertz CT molecular complexity index is 572. The molecule has 0 radical (unpaired) electrons. The highest BCUT2D eigenvalue weighted by molar-refractivity contribution is 5.85. The van der Waals surface area contributed by atoms with Gasteiger partial charge in [-0.1, -0.05) is 24.3 Å². The highest BCUT2D eigenvalue weighted by Crippen LogP contribution is 2.15. The van der Waals surface area contributed by atoms with Crippen molar-refractivity contribution in [2.75, 3.05) is 13.1 Å². The van der Waals surface area contributed by atoms with E-state index in [1.54, 1.807) is 0 Å². The van der Waals surface area contributed by atoms with Crippen molar-refractivity contribution >= 4 is 16.7 Å². The van der Waals surface area contributed by atoms with Crippen molar-refractivity contribution in [2.24, 2.45) is 4.99 Å². The number of benzene rings is 1. The number of hydrogen-bond donors (Lipinski definition) is 2. The van der Waals surface area contributed by atoms with Gasteiger partial charge in [0.05, 0.1) is 12.2 Å². The van der Waals surface area contributed by atoms with E-state index >= 15 is 0 Å². The van der Waals surface area contributed by atoms with Crippen LogP contribution in [0.5, 0.6) is 0 Å². The average Bonchev–Trinajstić information content (AvgIpc) is 2.46. The van der Waals surface area contributed by atoms with Crippen LogP contribution in [0.15, 0.2) is 41.5 Å². The predicted octanol–water partition coefficient (Wildman–Crippen LogP) is 1.67. The monoisotopic (exact) mass is 240 g/mol. The van der Waals surface area contributed by atoms with Crippen LogP contribution in [0, 0.1) is 0 Å². The molecule has 2 heterocycles. The van der Waals surface area contributed by atoms with E-state index < -0.39 is 0 Å². The van der Waals surface area contributed by atoms with Crippen LogP contribution in [0.4, 0.5) is 0 Å². The Kier molecular flexibility index (Phi) is 3.08. The van der Waals surface area contributed by atoms with E-state index in [1.165, 1.54) is 10.8 Å². The van der Waals surface area contributed by atoms with Gasteiger partial charge >= 0.3 is 0 Å². The zero-order chi connectivity index (χ0) is 12.2. The summed E-state index contributed by atoms with van der Waals surface area (Å²) in [5.41, 5.74) is 1.06. The summed E-state index contributed by atoms with van der Waals surface area (Å²) in [5.74, 6) is 0.885. The Balaban J connectivity index is 1.80. The first-order chi connectivity index (χ1) is 8.93. The molecule has 0 spiro atoms. The summed E-state index contributed by atoms with van der Waals surface area (Å²) < 4.78 is 0. The van der Waals surface area contributed by atoms with E-state index in [1.807, 2.05) is 24.4 Å². The third kappa shape index (κ3) is 2.27. The van der Waals surface area contributed by atoms with Crippen molar-refractivity contribution < 1.29 is 0 Å². The van der Waals surface area contributed by atoms with E-state index in [4.69, 9.17) is 0 Å². The van der Waals surface area contributed by atoms with E-state index in [0.29, 0.717) is 6.54 Å². The molecule has 1 aliphatic heterocycles. The lowest BCUT2D eigenvalue weighted by atomic mass is 10.1. The van der Waals surface area contributed by atoms with Gasteiger partial charge in [-0.15, -0.1) is 0 Å². The van der Waals surface area contributed by atoms with Gasteiger partial charge in [0.15, 0.2) is 5.96 Å². The van der Waals surface area contributed by atoms with Gasteiger partial charge in [0.2, 0.25) is 0 Å². The van der Waals surface area contributed by atoms with Gasteiger partial charge in [0, 0.05) is 24.7 Å². The number of pyridine rings is 1. The highest BCUT2D eigenvalue weighted by Gasteiger charge is 2.05. The fourth-order valence-electron chi connectivity index (χ4n) is 2.14. The molecule has 2 aromatic rings. The van der Waals surface area contributed by atoms with Crippen molar-refractivity contribution in [1.82, 2.24) is 15.6 Å². The summed E-state index contributed by atoms with van der Waals surface area (Å²) in [7, 11) is 0. The zero-order valence-electron chi connectivity index (χ0n) is 10.2. The fourth-order valence-corrected chi connectivity index (χ4v) is 2.14. The SMILES string of the molecule is c1ccc2c(CNC3=NCCCN3)nccc2c1. The number of aliphatic imine (C=N–C) groups is 1. The summed E-state index contributed by atoms with van der Waals surface area (Å²) in [6, 6.07) is 10.3. The number of hydrogen-bond acceptors (Lipinski definition) is 4. The van der Waals surface area contributed by atoms with Gasteiger partial charge < -0.3 is 10.6 Å². The molecule has 1 aromatic heterocycles. The topological polar surface area (TPSA) is 49.3 Å². The van der Waals surface area contributed by atoms with Gasteiger partial charge in [-0.25, -0.2) is 0 Å². The maximum absolute atomic E-state index is 4.45. The number of guanidine groups is 1. The Morgan fingerprint density at radius 1 is 1.22 bits per heavy atom. The third-order valence-corrected chi connectivity index (χ3v) is 3.08. The number of fused-ring (bicyclic) bond motifs is 1. The van der Waals surface area contributed by atoms with Crippen LogP contribution in [-0.4, -0.2) is 24.0 Å². The first kappa shape index (κ1) is 11.0. The molecule has 4 nitrogen and oxygen atoms in total. The number of aromatic nitrogens is 1. The highest BCUT2D eigenvalue weighted by atomic mass is 15.2. The minimum atomic E-state index is 0.702. The van der Waals surface area contributed by atoms with Gasteiger partial charge in [-0.2, -0.15) is 0 Å². The van der Waals surface area contributed by atoms with Crippen LogP contribution in [0.2, 0.25) is 0 Å². The van der Waals surface area contributed by atoms with Gasteiger partial charge in [0.25, 0.3) is 0 Å². The van der Waals surface area contributed by atoms with Crippen LogP contribution in [0.25, 0.3) is 10.8 Å². The average molecular weight is 240 g/mol. The summed E-state index contributed by atoms with van der Waals surface area (Å²) in [4.78, 5) is 8.84. The van der Waals surface area contributed by atoms with E-state index in [2.05, 4.69) is 32.7 Å². The number of rotatable bonds is 2. The second kappa shape index (κ2) is 5.04. The molecule has 0 fully saturated rings. The van der Waals surface area contributed by atoms with Gasteiger partial charge in [0.1, 0.15) is 0 Å². The van der Waals surface area contributed by atoms with Crippen molar-refractivity contribution in [2.45, 2.75) is 13.0 Å². The first-order valence-corrected chi connectivity index (χ1v) is 6.28. The minimum absolute atomic E-state index is 0.702. The molecule has 2 N–H and O–H groups in total. The van der Waals surface area contributed by atoms with Crippen molar-refractivity contribution in [3.8, 4) is 0 Å². The standard InChI is InChI=1S/C14H16N4/c1-2-5-12-11(4-1)6-9-15-13(12)10-18-14-16-7-3-8-17-14/h1-2,4-6,9H,3,7-8,10H2,(H2,16,17,18). The molecule has 0 saturated carbocycles. The molecule has 0 amide bonds. The second-order valence-corrected chi connectivity index (χ2v) is 4.34. The lowest BCUT2D eigenvalue weighted by Crippen LogP contribution is -2.40. The normalized spacial score (nSPS) is 15.0. The molecule has 3 rings (SSSR count). The Morgan fingerprint density at radius 3 is 3.06 bits per heavy atom. The summed E-state index contributed by atoms with van der Waals surface area (Å²) in [6.07, 6.45) is 2.97. The van der Waals surface area contributed by atoms with E-state index in [0.717, 1.165) is 31.2 Å². The maximum Gasteiger partial charge on any atom is 0.191 e. The summed E-state index contributed by atoms with van der Waals surface area (Å²) >= 11 is 0. The number of nitrogens with zero attached hydrogens (tertiary/aromatic N) is 2. The molecule has 4 heteroatoms. The third-order valence-electron chi connectivity index (χ3n) is 3.08. The predicted molar refractivity (Wildman–Crippen MR) is 73.5 cm³/mol. The van der Waals surface area contributed by atoms with Gasteiger partial charge in [-0.05, 0) is 17.9 Å². The first-order valence-electron chi connectivity index (χ1n) is 6.28. The molecule has 0 atom stereocenters. The van der Waals surface area contributed by atoms with E-state index in [9.17, 15) is 0 Å². The van der Waals surface area contributed by atoms with Gasteiger partial charge in [-0.3, -0.25) is 9.98 Å². The van der Waals surface area contributed by atoms with Crippen molar-refractivity contribution in [1.29, 1.82) is 0 Å². The summed E-state index contributed by atoms with van der Waals surface area (Å²) in [6.45, 7) is 2.60. The molecule has 1 aromatic carbocycles. The Hall–Kier alpha value is -2.10. The lowest BCUT2D eigenvalue weighted by Gasteiger charge is -2.16. The molecule has 0 aliphatic carbocycles. The molecule has 0 saturated heterocycles. The van der Waals surface area contributed by atoms with Crippen LogP contribution in [-0.2, 0) is 6.54 Å².